The first kappa shape index (κ1) is 41.3. The van der Waals surface area contributed by atoms with E-state index in [-0.39, 0.29) is 13.2 Å². The van der Waals surface area contributed by atoms with Crippen molar-refractivity contribution in [2.75, 3.05) is 92.5 Å². The van der Waals surface area contributed by atoms with Crippen LogP contribution in [-0.4, -0.2) is 215 Å². The third-order valence-corrected chi connectivity index (χ3v) is 5.47. The Balaban J connectivity index is 6.48. The maximum absolute atomic E-state index is 9.98. The lowest BCUT2D eigenvalue weighted by molar-refractivity contribution is -0.218. The molecule has 0 saturated carbocycles. The first-order chi connectivity index (χ1) is 20.1. The summed E-state index contributed by atoms with van der Waals surface area (Å²) < 4.78 is 33.9. The smallest absolute Gasteiger partial charge is 0.115 e. The van der Waals surface area contributed by atoms with Gasteiger partial charge in [-0.1, -0.05) is 0 Å². The molecular weight excluding hydrogens is 576 g/mol. The van der Waals surface area contributed by atoms with Gasteiger partial charge in [-0.2, -0.15) is 0 Å². The van der Waals surface area contributed by atoms with Gasteiger partial charge in [-0.3, -0.25) is 0 Å². The van der Waals surface area contributed by atoms with Gasteiger partial charge in [0.15, 0.2) is 0 Å². The monoisotopic (exact) mass is 626 g/mol. The van der Waals surface area contributed by atoms with Crippen molar-refractivity contribution in [1.82, 2.24) is 0 Å². The Hall–Kier alpha value is -0.720. The van der Waals surface area contributed by atoms with Crippen LogP contribution < -0.4 is 0 Å². The standard InChI is InChI=1S/C24H50O18/c25-1-15(31)7-37-13-21(39-9-17(33)3-27)23(41-11-19(35)5-29)24(42-12-20(36)6-30)22(40-10-18(34)4-28)14-38-8-16(32)2-26/h15-36H,1-14H2. The molecule has 0 amide bonds. The second-order valence-corrected chi connectivity index (χ2v) is 9.43. The minimum absolute atomic E-state index is 0.371. The molecule has 0 aromatic heterocycles. The maximum atomic E-state index is 9.98. The highest BCUT2D eigenvalue weighted by Crippen LogP contribution is 2.21. The summed E-state index contributed by atoms with van der Waals surface area (Å²) in [5, 5.41) is 114. The molecule has 12 N–H and O–H groups in total. The van der Waals surface area contributed by atoms with Crippen LogP contribution in [0.1, 0.15) is 0 Å². The minimum atomic E-state index is -1.40. The molecule has 0 spiro atoms. The molecule has 0 bridgehead atoms. The SMILES string of the molecule is OCC(O)COCC(OCC(O)CO)C(OCC(O)CO)C(OCC(O)CO)C(COCC(O)CO)OCC(O)CO. The Morgan fingerprint density at radius 2 is 0.548 bits per heavy atom. The predicted octanol–water partition coefficient (Wildman–Crippen LogP) is -7.32. The number of hydrogen-bond acceptors (Lipinski definition) is 18. The number of rotatable bonds is 29. The lowest BCUT2D eigenvalue weighted by Crippen LogP contribution is -2.54. The van der Waals surface area contributed by atoms with Crippen molar-refractivity contribution < 1.29 is 89.7 Å². The lowest BCUT2D eigenvalue weighted by Gasteiger charge is -2.38. The summed E-state index contributed by atoms with van der Waals surface area (Å²) in [6.07, 6.45) is -13.4. The molecular formula is C24H50O18. The molecule has 0 aliphatic carbocycles. The first-order valence-corrected chi connectivity index (χ1v) is 13.4. The zero-order valence-corrected chi connectivity index (χ0v) is 23.5. The summed E-state index contributed by atoms with van der Waals surface area (Å²) in [6.45, 7) is -7.59. The van der Waals surface area contributed by atoms with Crippen LogP contribution in [0.25, 0.3) is 0 Å². The average molecular weight is 627 g/mol. The fourth-order valence-electron chi connectivity index (χ4n) is 3.17. The number of hydrogen-bond donors (Lipinski definition) is 12. The molecule has 0 radical (unpaired) electrons. The first-order valence-electron chi connectivity index (χ1n) is 13.4. The van der Waals surface area contributed by atoms with Gasteiger partial charge in [0.25, 0.3) is 0 Å². The molecule has 18 heteroatoms. The summed E-state index contributed by atoms with van der Waals surface area (Å²) in [4.78, 5) is 0. The Kier molecular flexibility index (Phi) is 25.2. The number of aliphatic hydroxyl groups is 12. The summed E-state index contributed by atoms with van der Waals surface area (Å²) in [7, 11) is 0. The van der Waals surface area contributed by atoms with E-state index in [2.05, 4.69) is 0 Å². The molecule has 0 aliphatic rings. The van der Waals surface area contributed by atoms with Crippen molar-refractivity contribution in [3.8, 4) is 0 Å². The molecule has 0 rings (SSSR count). The van der Waals surface area contributed by atoms with Crippen molar-refractivity contribution in [2.45, 2.75) is 61.0 Å². The van der Waals surface area contributed by atoms with Crippen molar-refractivity contribution in [1.29, 1.82) is 0 Å². The zero-order valence-electron chi connectivity index (χ0n) is 23.5. The van der Waals surface area contributed by atoms with Crippen molar-refractivity contribution in [3.63, 3.8) is 0 Å². The molecule has 0 aromatic carbocycles. The van der Waals surface area contributed by atoms with Gasteiger partial charge in [-0.15, -0.1) is 0 Å². The molecule has 10 unspecified atom stereocenters. The molecule has 0 aromatic rings. The van der Waals surface area contributed by atoms with E-state index >= 15 is 0 Å². The van der Waals surface area contributed by atoms with E-state index in [1.54, 1.807) is 0 Å². The molecule has 0 saturated heterocycles. The summed E-state index contributed by atoms with van der Waals surface area (Å²) in [6, 6.07) is 0. The Labute approximate surface area is 243 Å². The highest BCUT2D eigenvalue weighted by Gasteiger charge is 2.40. The van der Waals surface area contributed by atoms with Gasteiger partial charge in [0.1, 0.15) is 61.0 Å². The summed E-state index contributed by atoms with van der Waals surface area (Å²) >= 11 is 0. The van der Waals surface area contributed by atoms with Crippen molar-refractivity contribution in [2.24, 2.45) is 0 Å². The van der Waals surface area contributed by atoms with Gasteiger partial charge in [0.2, 0.25) is 0 Å². The van der Waals surface area contributed by atoms with E-state index in [9.17, 15) is 51.1 Å². The van der Waals surface area contributed by atoms with E-state index in [0.717, 1.165) is 0 Å². The topological polar surface area (TPSA) is 298 Å². The Bertz CT molecular complexity index is 556. The maximum Gasteiger partial charge on any atom is 0.115 e. The van der Waals surface area contributed by atoms with Crippen LogP contribution >= 0.6 is 0 Å². The molecule has 0 fully saturated rings. The van der Waals surface area contributed by atoms with Crippen molar-refractivity contribution >= 4 is 0 Å². The van der Waals surface area contributed by atoms with Crippen LogP contribution in [0.4, 0.5) is 0 Å². The molecule has 10 atom stereocenters. The highest BCUT2D eigenvalue weighted by atomic mass is 16.6. The van der Waals surface area contributed by atoms with Gasteiger partial charge < -0.3 is 89.7 Å². The Morgan fingerprint density at radius 3 is 0.810 bits per heavy atom. The van der Waals surface area contributed by atoms with E-state index < -0.39 is 140 Å². The molecule has 42 heavy (non-hydrogen) atoms. The average Bonchev–Trinajstić information content (AvgIpc) is 3.01. The minimum Gasteiger partial charge on any atom is -0.394 e. The quantitative estimate of drug-likeness (QED) is 0.0367. The Morgan fingerprint density at radius 1 is 0.310 bits per heavy atom. The van der Waals surface area contributed by atoms with Crippen molar-refractivity contribution in [3.05, 3.63) is 0 Å². The third-order valence-electron chi connectivity index (χ3n) is 5.47. The summed E-state index contributed by atoms with van der Waals surface area (Å²) in [5.74, 6) is 0. The van der Waals surface area contributed by atoms with E-state index in [4.69, 9.17) is 38.6 Å². The third kappa shape index (κ3) is 18.8. The van der Waals surface area contributed by atoms with Crippen LogP contribution in [0.5, 0.6) is 0 Å². The second kappa shape index (κ2) is 25.6. The number of aliphatic hydroxyl groups excluding tert-OH is 12. The zero-order chi connectivity index (χ0) is 31.9. The van der Waals surface area contributed by atoms with E-state index in [0.29, 0.717) is 0 Å². The number of ether oxygens (including phenoxy) is 6. The van der Waals surface area contributed by atoms with Crippen LogP contribution in [-0.2, 0) is 28.4 Å². The van der Waals surface area contributed by atoms with Crippen LogP contribution in [0.3, 0.4) is 0 Å². The fraction of sp³-hybridized carbons (Fsp3) is 1.00. The molecule has 0 heterocycles. The predicted molar refractivity (Wildman–Crippen MR) is 139 cm³/mol. The highest BCUT2D eigenvalue weighted by molar-refractivity contribution is 4.88. The molecule has 18 nitrogen and oxygen atoms in total. The fourth-order valence-corrected chi connectivity index (χ4v) is 3.17. The van der Waals surface area contributed by atoms with Crippen LogP contribution in [0, 0.1) is 0 Å². The van der Waals surface area contributed by atoms with Gasteiger partial charge in [0.05, 0.1) is 92.5 Å². The van der Waals surface area contributed by atoms with Crippen LogP contribution in [0.2, 0.25) is 0 Å². The van der Waals surface area contributed by atoms with E-state index in [1.807, 2.05) is 0 Å². The largest absolute Gasteiger partial charge is 0.394 e. The summed E-state index contributed by atoms with van der Waals surface area (Å²) in [5.41, 5.74) is 0. The second-order valence-electron chi connectivity index (χ2n) is 9.43. The van der Waals surface area contributed by atoms with Gasteiger partial charge in [-0.25, -0.2) is 0 Å². The van der Waals surface area contributed by atoms with E-state index in [1.165, 1.54) is 0 Å². The van der Waals surface area contributed by atoms with Gasteiger partial charge in [-0.05, 0) is 0 Å². The van der Waals surface area contributed by atoms with Gasteiger partial charge in [0, 0.05) is 0 Å². The molecule has 0 aliphatic heterocycles. The van der Waals surface area contributed by atoms with Crippen LogP contribution in [0.15, 0.2) is 0 Å². The normalized spacial score (nSPS) is 19.4. The molecule has 254 valence electrons. The van der Waals surface area contributed by atoms with Gasteiger partial charge >= 0.3 is 0 Å². The lowest BCUT2D eigenvalue weighted by atomic mass is 10.0.